The SMILES string of the molecule is CC\C=C/C=C\C=C/C=C\C=C\C=C/C=C\CCCCCC(=O)OCC(COC(=O)CCCCC/C=C\CCCCCCCC)OC(=O)CCCCCCCC/C=C\C/C=C\C/C=C\C/C=C\CC. The van der Waals surface area contributed by atoms with Crippen LogP contribution in [0.2, 0.25) is 0 Å². The Morgan fingerprint density at radius 3 is 1.09 bits per heavy atom. The average molecular weight is 951 g/mol. The van der Waals surface area contributed by atoms with Crippen molar-refractivity contribution in [3.63, 3.8) is 0 Å². The van der Waals surface area contributed by atoms with Gasteiger partial charge >= 0.3 is 17.9 Å². The van der Waals surface area contributed by atoms with Crippen LogP contribution in [0.4, 0.5) is 0 Å². The van der Waals surface area contributed by atoms with E-state index in [1.807, 2.05) is 72.9 Å². The van der Waals surface area contributed by atoms with Gasteiger partial charge in [0.1, 0.15) is 13.2 Å². The molecule has 69 heavy (non-hydrogen) atoms. The second-order valence-electron chi connectivity index (χ2n) is 17.6. The van der Waals surface area contributed by atoms with Gasteiger partial charge in [-0.25, -0.2) is 0 Å². The van der Waals surface area contributed by atoms with Gasteiger partial charge in [-0.3, -0.25) is 14.4 Å². The van der Waals surface area contributed by atoms with E-state index in [9.17, 15) is 14.4 Å². The molecule has 0 radical (unpaired) electrons. The van der Waals surface area contributed by atoms with Gasteiger partial charge in [0.15, 0.2) is 6.10 Å². The lowest BCUT2D eigenvalue weighted by Crippen LogP contribution is -2.30. The third-order valence-corrected chi connectivity index (χ3v) is 11.0. The monoisotopic (exact) mass is 951 g/mol. The summed E-state index contributed by atoms with van der Waals surface area (Å²) in [4.78, 5) is 38.1. The van der Waals surface area contributed by atoms with Gasteiger partial charge < -0.3 is 14.2 Å². The molecule has 6 heteroatoms. The Labute approximate surface area is 423 Å². The van der Waals surface area contributed by atoms with E-state index in [0.717, 1.165) is 122 Å². The molecule has 0 aromatic carbocycles. The standard InChI is InChI=1S/C63H98O6/c1-4-7-10-13-16-19-22-25-27-29-31-33-35-38-41-44-47-50-53-56-62(65)68-59-60(58-67-61(64)55-52-49-46-43-40-37-24-21-18-15-12-9-6-3)69-63(66)57-54-51-48-45-42-39-36-34-32-30-28-26-23-20-17-14-11-8-5-2/h7-8,10-11,13,16-17,19-20,22,25-29,31-35,37-38,40-41,60H,4-6,9,12,14-15,18,21,23-24,30,36,39,42-59H2,1-3H3/b10-7-,11-8-,16-13-,20-17-,22-19-,27-25-,28-26-,31-29+,34-32-,35-33-,40-37-,41-38-. The van der Waals surface area contributed by atoms with Gasteiger partial charge in [-0.05, 0) is 103 Å². The van der Waals surface area contributed by atoms with Gasteiger partial charge in [-0.15, -0.1) is 0 Å². The van der Waals surface area contributed by atoms with E-state index < -0.39 is 6.10 Å². The minimum absolute atomic E-state index is 0.113. The van der Waals surface area contributed by atoms with Crippen molar-refractivity contribution in [2.75, 3.05) is 13.2 Å². The van der Waals surface area contributed by atoms with Crippen molar-refractivity contribution in [1.82, 2.24) is 0 Å². The molecule has 0 aromatic rings. The van der Waals surface area contributed by atoms with Crippen molar-refractivity contribution in [3.05, 3.63) is 146 Å². The second-order valence-corrected chi connectivity index (χ2v) is 17.6. The smallest absolute Gasteiger partial charge is 0.306 e. The fourth-order valence-electron chi connectivity index (χ4n) is 6.94. The highest BCUT2D eigenvalue weighted by Crippen LogP contribution is 2.13. The molecule has 0 rings (SSSR count). The zero-order chi connectivity index (χ0) is 50.0. The van der Waals surface area contributed by atoms with Gasteiger partial charge in [0.25, 0.3) is 0 Å². The Balaban J connectivity index is 4.56. The average Bonchev–Trinajstić information content (AvgIpc) is 3.35. The van der Waals surface area contributed by atoms with Gasteiger partial charge in [0.2, 0.25) is 0 Å². The molecule has 0 saturated carbocycles. The molecule has 0 aliphatic heterocycles. The van der Waals surface area contributed by atoms with E-state index in [1.165, 1.54) is 51.4 Å². The molecule has 0 fully saturated rings. The molecule has 0 amide bonds. The predicted octanol–water partition coefficient (Wildman–Crippen LogP) is 18.4. The number of hydrogen-bond acceptors (Lipinski definition) is 6. The van der Waals surface area contributed by atoms with Crippen molar-refractivity contribution in [2.24, 2.45) is 0 Å². The van der Waals surface area contributed by atoms with Crippen molar-refractivity contribution in [1.29, 1.82) is 0 Å². The van der Waals surface area contributed by atoms with E-state index in [-0.39, 0.29) is 31.1 Å². The van der Waals surface area contributed by atoms with Crippen LogP contribution in [-0.2, 0) is 28.6 Å². The van der Waals surface area contributed by atoms with Crippen LogP contribution < -0.4 is 0 Å². The van der Waals surface area contributed by atoms with Crippen LogP contribution in [-0.4, -0.2) is 37.2 Å². The Morgan fingerprint density at radius 2 is 0.638 bits per heavy atom. The molecule has 0 heterocycles. The number of carbonyl (C=O) groups excluding carboxylic acids is 3. The maximum Gasteiger partial charge on any atom is 0.306 e. The molecule has 0 aliphatic rings. The minimum Gasteiger partial charge on any atom is -0.462 e. The van der Waals surface area contributed by atoms with Crippen molar-refractivity contribution >= 4 is 17.9 Å². The summed E-state index contributed by atoms with van der Waals surface area (Å²) in [5.41, 5.74) is 0. The fourth-order valence-corrected chi connectivity index (χ4v) is 6.94. The number of rotatable bonds is 47. The molecule has 1 atom stereocenters. The highest BCUT2D eigenvalue weighted by molar-refractivity contribution is 5.71. The van der Waals surface area contributed by atoms with E-state index in [4.69, 9.17) is 14.2 Å². The zero-order valence-electron chi connectivity index (χ0n) is 44.0. The van der Waals surface area contributed by atoms with Crippen LogP contribution in [0.3, 0.4) is 0 Å². The summed E-state index contributed by atoms with van der Waals surface area (Å²) in [7, 11) is 0. The fraction of sp³-hybridized carbons (Fsp3) is 0.571. The maximum atomic E-state index is 12.8. The number of unbranched alkanes of at least 4 members (excludes halogenated alkanes) is 18. The minimum atomic E-state index is -0.818. The molecule has 386 valence electrons. The summed E-state index contributed by atoms with van der Waals surface area (Å²) in [6, 6.07) is 0. The molecular formula is C63H98O6. The molecule has 1 unspecified atom stereocenters. The lowest BCUT2D eigenvalue weighted by Gasteiger charge is -2.18. The van der Waals surface area contributed by atoms with E-state index >= 15 is 0 Å². The van der Waals surface area contributed by atoms with Gasteiger partial charge in [0, 0.05) is 19.3 Å². The largest absolute Gasteiger partial charge is 0.462 e. The first kappa shape index (κ1) is 64.3. The molecule has 0 saturated heterocycles. The molecule has 6 nitrogen and oxygen atoms in total. The van der Waals surface area contributed by atoms with Crippen LogP contribution in [0, 0.1) is 0 Å². The first-order chi connectivity index (χ1) is 34.0. The predicted molar refractivity (Wildman–Crippen MR) is 297 cm³/mol. The Kier molecular flexibility index (Phi) is 52.1. The highest BCUT2D eigenvalue weighted by atomic mass is 16.6. The van der Waals surface area contributed by atoms with E-state index in [1.54, 1.807) is 0 Å². The number of esters is 3. The summed E-state index contributed by atoms with van der Waals surface area (Å²) in [6.07, 6.45) is 79.7. The molecular weight excluding hydrogens is 853 g/mol. The summed E-state index contributed by atoms with van der Waals surface area (Å²) in [6.45, 7) is 6.29. The number of carbonyl (C=O) groups is 3. The quantitative estimate of drug-likeness (QED) is 0.0199. The molecule has 0 aliphatic carbocycles. The van der Waals surface area contributed by atoms with Crippen LogP contribution in [0.1, 0.15) is 213 Å². The van der Waals surface area contributed by atoms with Gasteiger partial charge in [-0.2, -0.15) is 0 Å². The van der Waals surface area contributed by atoms with Crippen LogP contribution in [0.25, 0.3) is 0 Å². The Hall–Kier alpha value is -4.71. The summed E-state index contributed by atoms with van der Waals surface area (Å²) < 4.78 is 16.8. The van der Waals surface area contributed by atoms with E-state index in [0.29, 0.717) is 19.3 Å². The Bertz CT molecular complexity index is 1560. The normalized spacial score (nSPS) is 13.3. The molecule has 0 bridgehead atoms. The third kappa shape index (κ3) is 54.1. The van der Waals surface area contributed by atoms with Crippen LogP contribution in [0.5, 0.6) is 0 Å². The lowest BCUT2D eigenvalue weighted by molar-refractivity contribution is -0.167. The summed E-state index contributed by atoms with van der Waals surface area (Å²) in [5, 5.41) is 0. The second kappa shape index (κ2) is 55.9. The molecule has 0 N–H and O–H groups in total. The van der Waals surface area contributed by atoms with Gasteiger partial charge in [0.05, 0.1) is 0 Å². The van der Waals surface area contributed by atoms with Gasteiger partial charge in [-0.1, -0.05) is 237 Å². The zero-order valence-corrected chi connectivity index (χ0v) is 44.0. The molecule has 0 aromatic heterocycles. The van der Waals surface area contributed by atoms with Crippen molar-refractivity contribution in [3.8, 4) is 0 Å². The lowest BCUT2D eigenvalue weighted by atomic mass is 10.1. The molecule has 0 spiro atoms. The van der Waals surface area contributed by atoms with Crippen molar-refractivity contribution in [2.45, 2.75) is 219 Å². The topological polar surface area (TPSA) is 78.9 Å². The first-order valence-electron chi connectivity index (χ1n) is 27.4. The number of hydrogen-bond donors (Lipinski definition) is 0. The first-order valence-corrected chi connectivity index (χ1v) is 27.4. The third-order valence-electron chi connectivity index (χ3n) is 11.0. The summed E-state index contributed by atoms with van der Waals surface area (Å²) in [5.74, 6) is -0.996. The summed E-state index contributed by atoms with van der Waals surface area (Å²) >= 11 is 0. The Morgan fingerprint density at radius 1 is 0.319 bits per heavy atom. The highest BCUT2D eigenvalue weighted by Gasteiger charge is 2.19. The number of allylic oxidation sites excluding steroid dienone is 24. The van der Waals surface area contributed by atoms with E-state index in [2.05, 4.69) is 93.7 Å². The van der Waals surface area contributed by atoms with Crippen LogP contribution >= 0.6 is 0 Å². The maximum absolute atomic E-state index is 12.8. The van der Waals surface area contributed by atoms with Crippen LogP contribution in [0.15, 0.2) is 146 Å². The number of ether oxygens (including phenoxy) is 3. The van der Waals surface area contributed by atoms with Crippen molar-refractivity contribution < 1.29 is 28.6 Å².